The lowest BCUT2D eigenvalue weighted by Gasteiger charge is -2.06. The zero-order valence-corrected chi connectivity index (χ0v) is 12.0. The molecule has 0 heterocycles. The lowest BCUT2D eigenvalue weighted by molar-refractivity contribution is 0.0600. The SMILES string of the molecule is COC(=O)c1ccc(CNCc2ccc(Cl)cc2)cc1. The number of esters is 1. The van der Waals surface area contributed by atoms with Crippen molar-refractivity contribution in [2.45, 2.75) is 13.1 Å². The first kappa shape index (κ1) is 14.6. The van der Waals surface area contributed by atoms with Gasteiger partial charge in [0.15, 0.2) is 0 Å². The van der Waals surface area contributed by atoms with Crippen molar-refractivity contribution in [1.29, 1.82) is 0 Å². The number of nitrogens with one attached hydrogen (secondary N) is 1. The molecule has 0 fully saturated rings. The van der Waals surface area contributed by atoms with Gasteiger partial charge in [-0.1, -0.05) is 35.9 Å². The van der Waals surface area contributed by atoms with Gasteiger partial charge in [-0.2, -0.15) is 0 Å². The summed E-state index contributed by atoms with van der Waals surface area (Å²) < 4.78 is 4.66. The summed E-state index contributed by atoms with van der Waals surface area (Å²) in [7, 11) is 1.38. The molecule has 0 aliphatic heterocycles. The quantitative estimate of drug-likeness (QED) is 0.857. The minimum Gasteiger partial charge on any atom is -0.465 e. The Morgan fingerprint density at radius 3 is 2.00 bits per heavy atom. The highest BCUT2D eigenvalue weighted by Gasteiger charge is 2.03. The van der Waals surface area contributed by atoms with Crippen molar-refractivity contribution < 1.29 is 9.53 Å². The average molecular weight is 290 g/mol. The number of rotatable bonds is 5. The van der Waals surface area contributed by atoms with Crippen LogP contribution in [0.2, 0.25) is 5.02 Å². The van der Waals surface area contributed by atoms with E-state index in [1.165, 1.54) is 12.7 Å². The molecule has 0 aliphatic carbocycles. The van der Waals surface area contributed by atoms with E-state index in [4.69, 9.17) is 11.6 Å². The average Bonchev–Trinajstić information content (AvgIpc) is 2.49. The molecule has 0 bridgehead atoms. The molecular weight excluding hydrogens is 274 g/mol. The first-order valence-electron chi connectivity index (χ1n) is 6.31. The lowest BCUT2D eigenvalue weighted by atomic mass is 10.1. The summed E-state index contributed by atoms with van der Waals surface area (Å²) in [6, 6.07) is 15.1. The molecule has 4 heteroatoms. The Labute approximate surface area is 123 Å². The number of hydrogen-bond donors (Lipinski definition) is 1. The topological polar surface area (TPSA) is 38.3 Å². The second-order valence-corrected chi connectivity index (χ2v) is 4.85. The minimum atomic E-state index is -0.314. The number of methoxy groups -OCH3 is 1. The van der Waals surface area contributed by atoms with Gasteiger partial charge >= 0.3 is 5.97 Å². The summed E-state index contributed by atoms with van der Waals surface area (Å²) in [5, 5.41) is 4.08. The van der Waals surface area contributed by atoms with Crippen LogP contribution in [0.5, 0.6) is 0 Å². The predicted octanol–water partition coefficient (Wildman–Crippen LogP) is 3.42. The molecule has 0 saturated heterocycles. The van der Waals surface area contributed by atoms with E-state index in [1.807, 2.05) is 36.4 Å². The molecular formula is C16H16ClNO2. The lowest BCUT2D eigenvalue weighted by Crippen LogP contribution is -2.12. The van der Waals surface area contributed by atoms with Gasteiger partial charge in [-0.3, -0.25) is 0 Å². The molecule has 0 aromatic heterocycles. The van der Waals surface area contributed by atoms with Crippen LogP contribution in [0, 0.1) is 0 Å². The fraction of sp³-hybridized carbons (Fsp3) is 0.188. The van der Waals surface area contributed by atoms with Gasteiger partial charge in [0, 0.05) is 18.1 Å². The molecule has 2 aromatic carbocycles. The summed E-state index contributed by atoms with van der Waals surface area (Å²) in [4.78, 5) is 11.3. The Balaban J connectivity index is 1.85. The maximum absolute atomic E-state index is 11.3. The van der Waals surface area contributed by atoms with Crippen LogP contribution in [0.25, 0.3) is 0 Å². The molecule has 1 N–H and O–H groups in total. The summed E-state index contributed by atoms with van der Waals surface area (Å²) in [6.45, 7) is 1.51. The first-order chi connectivity index (χ1) is 9.69. The zero-order valence-electron chi connectivity index (χ0n) is 11.2. The van der Waals surface area contributed by atoms with E-state index in [2.05, 4.69) is 10.1 Å². The Bertz CT molecular complexity index is 564. The van der Waals surface area contributed by atoms with Gasteiger partial charge in [0.25, 0.3) is 0 Å². The summed E-state index contributed by atoms with van der Waals surface area (Å²) in [5.74, 6) is -0.314. The number of halogens is 1. The Kier molecular flexibility index (Phi) is 5.16. The zero-order chi connectivity index (χ0) is 14.4. The molecule has 2 rings (SSSR count). The molecule has 0 saturated carbocycles. The molecule has 0 amide bonds. The van der Waals surface area contributed by atoms with E-state index < -0.39 is 0 Å². The maximum atomic E-state index is 11.3. The predicted molar refractivity (Wildman–Crippen MR) is 79.8 cm³/mol. The van der Waals surface area contributed by atoms with E-state index in [1.54, 1.807) is 12.1 Å². The molecule has 2 aromatic rings. The van der Waals surface area contributed by atoms with Crippen LogP contribution >= 0.6 is 11.6 Å². The van der Waals surface area contributed by atoms with Gasteiger partial charge in [0.1, 0.15) is 0 Å². The third kappa shape index (κ3) is 4.08. The third-order valence-electron chi connectivity index (χ3n) is 2.95. The normalized spacial score (nSPS) is 10.3. The largest absolute Gasteiger partial charge is 0.465 e. The van der Waals surface area contributed by atoms with Crippen molar-refractivity contribution >= 4 is 17.6 Å². The van der Waals surface area contributed by atoms with E-state index in [0.717, 1.165) is 23.7 Å². The summed E-state index contributed by atoms with van der Waals surface area (Å²) >= 11 is 5.84. The molecule has 104 valence electrons. The monoisotopic (exact) mass is 289 g/mol. The van der Waals surface area contributed by atoms with Crippen molar-refractivity contribution in [3.63, 3.8) is 0 Å². The van der Waals surface area contributed by atoms with Gasteiger partial charge in [-0.25, -0.2) is 4.79 Å². The van der Waals surface area contributed by atoms with E-state index in [0.29, 0.717) is 5.56 Å². The molecule has 0 aliphatic rings. The fourth-order valence-corrected chi connectivity index (χ4v) is 1.96. The van der Waals surface area contributed by atoms with Crippen LogP contribution < -0.4 is 5.32 Å². The van der Waals surface area contributed by atoms with Crippen LogP contribution in [0.4, 0.5) is 0 Å². The van der Waals surface area contributed by atoms with E-state index >= 15 is 0 Å². The van der Waals surface area contributed by atoms with Crippen molar-refractivity contribution in [2.75, 3.05) is 7.11 Å². The van der Waals surface area contributed by atoms with Crippen LogP contribution in [-0.2, 0) is 17.8 Å². The summed E-state index contributed by atoms with van der Waals surface area (Å²) in [6.07, 6.45) is 0. The van der Waals surface area contributed by atoms with Crippen molar-refractivity contribution in [1.82, 2.24) is 5.32 Å². The number of benzene rings is 2. The smallest absolute Gasteiger partial charge is 0.337 e. The third-order valence-corrected chi connectivity index (χ3v) is 3.20. The van der Waals surface area contributed by atoms with Gasteiger partial charge in [0.2, 0.25) is 0 Å². The van der Waals surface area contributed by atoms with Crippen LogP contribution in [0.15, 0.2) is 48.5 Å². The molecule has 0 radical (unpaired) electrons. The van der Waals surface area contributed by atoms with Gasteiger partial charge < -0.3 is 10.1 Å². The number of hydrogen-bond acceptors (Lipinski definition) is 3. The van der Waals surface area contributed by atoms with Crippen molar-refractivity contribution in [2.24, 2.45) is 0 Å². The molecule has 3 nitrogen and oxygen atoms in total. The van der Waals surface area contributed by atoms with Gasteiger partial charge in [0.05, 0.1) is 12.7 Å². The van der Waals surface area contributed by atoms with Crippen LogP contribution in [0.1, 0.15) is 21.5 Å². The Morgan fingerprint density at radius 1 is 1.00 bits per heavy atom. The highest BCUT2D eigenvalue weighted by atomic mass is 35.5. The second-order valence-electron chi connectivity index (χ2n) is 4.42. The van der Waals surface area contributed by atoms with Crippen molar-refractivity contribution in [3.8, 4) is 0 Å². The molecule has 0 atom stereocenters. The standard InChI is InChI=1S/C16H16ClNO2/c1-20-16(19)14-6-2-12(3-7-14)10-18-11-13-4-8-15(17)9-5-13/h2-9,18H,10-11H2,1H3. The first-order valence-corrected chi connectivity index (χ1v) is 6.69. The Morgan fingerprint density at radius 2 is 1.50 bits per heavy atom. The van der Waals surface area contributed by atoms with Gasteiger partial charge in [-0.05, 0) is 35.4 Å². The molecule has 20 heavy (non-hydrogen) atoms. The maximum Gasteiger partial charge on any atom is 0.337 e. The molecule has 0 spiro atoms. The van der Waals surface area contributed by atoms with Gasteiger partial charge in [-0.15, -0.1) is 0 Å². The Hall–Kier alpha value is -1.84. The van der Waals surface area contributed by atoms with E-state index in [-0.39, 0.29) is 5.97 Å². The van der Waals surface area contributed by atoms with Crippen LogP contribution in [-0.4, -0.2) is 13.1 Å². The fourth-order valence-electron chi connectivity index (χ4n) is 1.83. The highest BCUT2D eigenvalue weighted by molar-refractivity contribution is 6.30. The molecule has 0 unspecified atom stereocenters. The minimum absolute atomic E-state index is 0.314. The summed E-state index contributed by atoms with van der Waals surface area (Å²) in [5.41, 5.74) is 2.86. The second kappa shape index (κ2) is 7.08. The highest BCUT2D eigenvalue weighted by Crippen LogP contribution is 2.10. The number of carbonyl (C=O) groups excluding carboxylic acids is 1. The number of ether oxygens (including phenoxy) is 1. The van der Waals surface area contributed by atoms with Crippen molar-refractivity contribution in [3.05, 3.63) is 70.2 Å². The van der Waals surface area contributed by atoms with Crippen LogP contribution in [0.3, 0.4) is 0 Å². The number of carbonyl (C=O) groups is 1. The van der Waals surface area contributed by atoms with E-state index in [9.17, 15) is 4.79 Å².